The first-order valence-corrected chi connectivity index (χ1v) is 6.38. The molecule has 6 nitrogen and oxygen atoms in total. The van der Waals surface area contributed by atoms with Crippen LogP contribution in [-0.4, -0.2) is 29.1 Å². The Hall–Kier alpha value is -2.50. The molecular weight excluding hydrogens is 256 g/mol. The predicted molar refractivity (Wildman–Crippen MR) is 76.6 cm³/mol. The number of ether oxygens (including phenoxy) is 1. The Bertz CT molecular complexity index is 567. The van der Waals surface area contributed by atoms with Gasteiger partial charge in [-0.25, -0.2) is 4.98 Å². The van der Waals surface area contributed by atoms with Crippen LogP contribution in [0.1, 0.15) is 16.8 Å². The normalized spacial score (nSPS) is 10.2. The molecule has 0 saturated carbocycles. The molecule has 2 aromatic rings. The zero-order chi connectivity index (χ0) is 14.4. The van der Waals surface area contributed by atoms with E-state index in [9.17, 15) is 4.79 Å². The summed E-state index contributed by atoms with van der Waals surface area (Å²) in [6, 6.07) is 4.99. The molecule has 0 fully saturated rings. The van der Waals surface area contributed by atoms with Crippen molar-refractivity contribution in [2.75, 3.05) is 19.4 Å². The van der Waals surface area contributed by atoms with E-state index >= 15 is 0 Å². The Kier molecular flexibility index (Phi) is 4.60. The highest BCUT2D eigenvalue weighted by Gasteiger charge is 2.08. The molecule has 20 heavy (non-hydrogen) atoms. The summed E-state index contributed by atoms with van der Waals surface area (Å²) in [4.78, 5) is 15.9. The molecular formula is C14H18N4O2. The third kappa shape index (κ3) is 3.50. The SMILES string of the molecule is COc1cc(C(=O)NCCCn2ccnc2)ccc1N. The van der Waals surface area contributed by atoms with Gasteiger partial charge in [0.25, 0.3) is 5.91 Å². The van der Waals surface area contributed by atoms with Gasteiger partial charge in [0.2, 0.25) is 0 Å². The molecule has 0 spiro atoms. The predicted octanol–water partition coefficient (Wildman–Crippen LogP) is 1.29. The number of nitrogens with one attached hydrogen (secondary N) is 1. The highest BCUT2D eigenvalue weighted by Crippen LogP contribution is 2.21. The second-order valence-corrected chi connectivity index (χ2v) is 4.37. The van der Waals surface area contributed by atoms with Gasteiger partial charge in [0.15, 0.2) is 0 Å². The van der Waals surface area contributed by atoms with Crippen molar-refractivity contribution in [2.24, 2.45) is 0 Å². The molecule has 0 bridgehead atoms. The van der Waals surface area contributed by atoms with E-state index in [1.807, 2.05) is 10.8 Å². The largest absolute Gasteiger partial charge is 0.495 e. The van der Waals surface area contributed by atoms with Crippen molar-refractivity contribution in [1.82, 2.24) is 14.9 Å². The number of anilines is 1. The first kappa shape index (κ1) is 13.9. The molecule has 6 heteroatoms. The topological polar surface area (TPSA) is 82.2 Å². The van der Waals surface area contributed by atoms with Gasteiger partial charge in [0.05, 0.1) is 19.1 Å². The van der Waals surface area contributed by atoms with Crippen molar-refractivity contribution in [3.63, 3.8) is 0 Å². The number of hydrogen-bond acceptors (Lipinski definition) is 4. The van der Waals surface area contributed by atoms with Crippen molar-refractivity contribution in [3.8, 4) is 5.75 Å². The van der Waals surface area contributed by atoms with Gasteiger partial charge in [-0.2, -0.15) is 0 Å². The molecule has 0 unspecified atom stereocenters. The van der Waals surface area contributed by atoms with Gasteiger partial charge in [-0.05, 0) is 24.6 Å². The van der Waals surface area contributed by atoms with Gasteiger partial charge in [-0.3, -0.25) is 4.79 Å². The lowest BCUT2D eigenvalue weighted by Crippen LogP contribution is -2.25. The average Bonchev–Trinajstić information content (AvgIpc) is 2.97. The Morgan fingerprint density at radius 3 is 3.05 bits per heavy atom. The average molecular weight is 274 g/mol. The van der Waals surface area contributed by atoms with Crippen LogP contribution in [0.3, 0.4) is 0 Å². The highest BCUT2D eigenvalue weighted by atomic mass is 16.5. The summed E-state index contributed by atoms with van der Waals surface area (Å²) in [7, 11) is 1.53. The van der Waals surface area contributed by atoms with Gasteiger partial charge in [0, 0.05) is 31.0 Å². The van der Waals surface area contributed by atoms with E-state index in [2.05, 4.69) is 10.3 Å². The van der Waals surface area contributed by atoms with Gasteiger partial charge in [-0.15, -0.1) is 0 Å². The van der Waals surface area contributed by atoms with Gasteiger partial charge in [-0.1, -0.05) is 0 Å². The number of rotatable bonds is 6. The molecule has 0 aliphatic carbocycles. The molecule has 0 atom stereocenters. The third-order valence-corrected chi connectivity index (χ3v) is 2.93. The Balaban J connectivity index is 1.82. The number of aromatic nitrogens is 2. The van der Waals surface area contributed by atoms with Crippen molar-refractivity contribution in [3.05, 3.63) is 42.5 Å². The van der Waals surface area contributed by atoms with E-state index in [1.54, 1.807) is 30.7 Å². The molecule has 0 aliphatic heterocycles. The lowest BCUT2D eigenvalue weighted by molar-refractivity contribution is 0.0952. The highest BCUT2D eigenvalue weighted by molar-refractivity contribution is 5.95. The molecule has 0 radical (unpaired) electrons. The van der Waals surface area contributed by atoms with Crippen LogP contribution in [0.5, 0.6) is 5.75 Å². The fourth-order valence-electron chi connectivity index (χ4n) is 1.84. The molecule has 1 amide bonds. The number of nitrogen functional groups attached to an aromatic ring is 1. The molecule has 1 aromatic heterocycles. The van der Waals surface area contributed by atoms with Crippen LogP contribution in [0.15, 0.2) is 36.9 Å². The van der Waals surface area contributed by atoms with E-state index in [-0.39, 0.29) is 5.91 Å². The van der Waals surface area contributed by atoms with Crippen molar-refractivity contribution in [1.29, 1.82) is 0 Å². The fourth-order valence-corrected chi connectivity index (χ4v) is 1.84. The van der Waals surface area contributed by atoms with Gasteiger partial charge < -0.3 is 20.4 Å². The lowest BCUT2D eigenvalue weighted by atomic mass is 10.1. The quantitative estimate of drug-likeness (QED) is 0.614. The summed E-state index contributed by atoms with van der Waals surface area (Å²) < 4.78 is 7.07. The van der Waals surface area contributed by atoms with Crippen LogP contribution in [0.4, 0.5) is 5.69 Å². The van der Waals surface area contributed by atoms with Crippen molar-refractivity contribution < 1.29 is 9.53 Å². The zero-order valence-corrected chi connectivity index (χ0v) is 11.4. The minimum atomic E-state index is -0.131. The molecule has 1 aromatic carbocycles. The smallest absolute Gasteiger partial charge is 0.251 e. The van der Waals surface area contributed by atoms with Gasteiger partial charge >= 0.3 is 0 Å². The second kappa shape index (κ2) is 6.60. The summed E-state index contributed by atoms with van der Waals surface area (Å²) in [5.41, 5.74) is 6.77. The monoisotopic (exact) mass is 274 g/mol. The van der Waals surface area contributed by atoms with Crippen LogP contribution >= 0.6 is 0 Å². The van der Waals surface area contributed by atoms with E-state index in [4.69, 9.17) is 10.5 Å². The number of aryl methyl sites for hydroxylation is 1. The van der Waals surface area contributed by atoms with Crippen LogP contribution in [0, 0.1) is 0 Å². The van der Waals surface area contributed by atoms with E-state index in [0.717, 1.165) is 13.0 Å². The Morgan fingerprint density at radius 2 is 2.35 bits per heavy atom. The molecule has 0 saturated heterocycles. The number of hydrogen-bond donors (Lipinski definition) is 2. The standard InChI is InChI=1S/C14H18N4O2/c1-20-13-9-11(3-4-12(13)15)14(19)17-5-2-7-18-8-6-16-10-18/h3-4,6,8-10H,2,5,7,15H2,1H3,(H,17,19). The molecule has 1 heterocycles. The molecule has 2 rings (SSSR count). The summed E-state index contributed by atoms with van der Waals surface area (Å²) in [5, 5.41) is 2.86. The van der Waals surface area contributed by atoms with Crippen LogP contribution in [0.25, 0.3) is 0 Å². The van der Waals surface area contributed by atoms with Gasteiger partial charge in [0.1, 0.15) is 5.75 Å². The number of benzene rings is 1. The maximum Gasteiger partial charge on any atom is 0.251 e. The summed E-state index contributed by atoms with van der Waals surface area (Å²) in [6.45, 7) is 1.43. The number of methoxy groups -OCH3 is 1. The molecule has 3 N–H and O–H groups in total. The third-order valence-electron chi connectivity index (χ3n) is 2.93. The number of nitrogens with two attached hydrogens (primary N) is 1. The number of nitrogens with zero attached hydrogens (tertiary/aromatic N) is 2. The Morgan fingerprint density at radius 1 is 1.50 bits per heavy atom. The maximum absolute atomic E-state index is 12.0. The first-order chi connectivity index (χ1) is 9.70. The summed E-state index contributed by atoms with van der Waals surface area (Å²) >= 11 is 0. The van der Waals surface area contributed by atoms with Crippen LogP contribution in [-0.2, 0) is 6.54 Å². The van der Waals surface area contributed by atoms with E-state index < -0.39 is 0 Å². The minimum absolute atomic E-state index is 0.131. The molecule has 106 valence electrons. The minimum Gasteiger partial charge on any atom is -0.495 e. The number of carbonyl (C=O) groups excluding carboxylic acids is 1. The fraction of sp³-hybridized carbons (Fsp3) is 0.286. The Labute approximate surface area is 117 Å². The number of imidazole rings is 1. The van der Waals surface area contributed by atoms with Crippen molar-refractivity contribution >= 4 is 11.6 Å². The summed E-state index contributed by atoms with van der Waals surface area (Å²) in [5.74, 6) is 0.380. The zero-order valence-electron chi connectivity index (χ0n) is 11.4. The van der Waals surface area contributed by atoms with E-state index in [1.165, 1.54) is 7.11 Å². The summed E-state index contributed by atoms with van der Waals surface area (Å²) in [6.07, 6.45) is 6.23. The molecule has 0 aliphatic rings. The second-order valence-electron chi connectivity index (χ2n) is 4.37. The number of carbonyl (C=O) groups is 1. The van der Waals surface area contributed by atoms with E-state index in [0.29, 0.717) is 23.5 Å². The lowest BCUT2D eigenvalue weighted by Gasteiger charge is -2.08. The van der Waals surface area contributed by atoms with Crippen LogP contribution in [0.2, 0.25) is 0 Å². The first-order valence-electron chi connectivity index (χ1n) is 6.38. The van der Waals surface area contributed by atoms with Crippen molar-refractivity contribution in [2.45, 2.75) is 13.0 Å². The maximum atomic E-state index is 12.0. The number of amides is 1. The van der Waals surface area contributed by atoms with Crippen LogP contribution < -0.4 is 15.8 Å².